The topological polar surface area (TPSA) is 93.7 Å². The highest BCUT2D eigenvalue weighted by atomic mass is 16.6. The van der Waals surface area contributed by atoms with Gasteiger partial charge < -0.3 is 19.6 Å². The third kappa shape index (κ3) is 5.19. The fraction of sp³-hybridized carbons (Fsp3) is 0.292. The van der Waals surface area contributed by atoms with Crippen molar-refractivity contribution in [2.24, 2.45) is 0 Å². The zero-order valence-electron chi connectivity index (χ0n) is 17.4. The van der Waals surface area contributed by atoms with E-state index in [1.807, 2.05) is 36.4 Å². The molecule has 0 radical (unpaired) electrons. The Morgan fingerprint density at radius 1 is 1.19 bits per heavy atom. The Labute approximate surface area is 181 Å². The van der Waals surface area contributed by atoms with E-state index in [1.165, 1.54) is 6.92 Å². The van der Waals surface area contributed by atoms with Crippen molar-refractivity contribution in [2.45, 2.75) is 37.6 Å². The Hall–Kier alpha value is -3.45. The molecule has 2 aromatic carbocycles. The number of nitrogens with one attached hydrogen (secondary N) is 2. The average molecular weight is 422 g/mol. The van der Waals surface area contributed by atoms with Crippen molar-refractivity contribution in [3.63, 3.8) is 0 Å². The lowest BCUT2D eigenvalue weighted by atomic mass is 9.80. The molecule has 1 saturated heterocycles. The number of hydrogen-bond donors (Lipinski definition) is 2. The van der Waals surface area contributed by atoms with Gasteiger partial charge in [0.2, 0.25) is 0 Å². The van der Waals surface area contributed by atoms with Gasteiger partial charge in [-0.2, -0.15) is 0 Å². The summed E-state index contributed by atoms with van der Waals surface area (Å²) < 4.78 is 11.2. The van der Waals surface area contributed by atoms with Crippen LogP contribution in [0.1, 0.15) is 30.4 Å². The van der Waals surface area contributed by atoms with Crippen LogP contribution in [0.2, 0.25) is 0 Å². The van der Waals surface area contributed by atoms with Crippen LogP contribution in [-0.2, 0) is 25.7 Å². The Bertz CT molecular complexity index is 932. The van der Waals surface area contributed by atoms with E-state index in [1.54, 1.807) is 24.3 Å². The third-order valence-electron chi connectivity index (χ3n) is 5.28. The van der Waals surface area contributed by atoms with Crippen LogP contribution in [0.5, 0.6) is 0 Å². The Balaban J connectivity index is 1.84. The summed E-state index contributed by atoms with van der Waals surface area (Å²) >= 11 is 0. The average Bonchev–Trinajstić information content (AvgIpc) is 3.16. The van der Waals surface area contributed by atoms with Crippen molar-refractivity contribution >= 4 is 18.3 Å². The number of benzene rings is 2. The second-order valence-corrected chi connectivity index (χ2v) is 7.49. The molecule has 3 atom stereocenters. The van der Waals surface area contributed by atoms with Gasteiger partial charge in [0.05, 0.1) is 5.92 Å². The number of alkyl carbamates (subject to hydrolysis) is 1. The van der Waals surface area contributed by atoms with Crippen LogP contribution in [0.25, 0.3) is 0 Å². The predicted octanol–water partition coefficient (Wildman–Crippen LogP) is 3.07. The van der Waals surface area contributed by atoms with Crippen LogP contribution in [-0.4, -0.2) is 36.7 Å². The van der Waals surface area contributed by atoms with Gasteiger partial charge in [-0.25, -0.2) is 9.59 Å². The number of rotatable bonds is 8. The first kappa shape index (κ1) is 22.2. The van der Waals surface area contributed by atoms with Crippen LogP contribution in [0.15, 0.2) is 72.8 Å². The smallest absolute Gasteiger partial charge is 0.408 e. The van der Waals surface area contributed by atoms with Gasteiger partial charge in [0.1, 0.15) is 19.1 Å². The summed E-state index contributed by atoms with van der Waals surface area (Å²) in [6.07, 6.45) is -0.433. The van der Waals surface area contributed by atoms with Gasteiger partial charge in [-0.3, -0.25) is 5.32 Å². The van der Waals surface area contributed by atoms with Crippen molar-refractivity contribution < 1.29 is 23.9 Å². The molecule has 31 heavy (non-hydrogen) atoms. The molecule has 1 aliphatic heterocycles. The molecule has 2 N–H and O–H groups in total. The van der Waals surface area contributed by atoms with Crippen molar-refractivity contribution in [2.75, 3.05) is 6.54 Å². The summed E-state index contributed by atoms with van der Waals surface area (Å²) in [6.45, 7) is 5.70. The molecule has 0 saturated carbocycles. The van der Waals surface area contributed by atoms with Crippen molar-refractivity contribution in [3.8, 4) is 0 Å². The molecule has 3 rings (SSSR count). The second-order valence-electron chi connectivity index (χ2n) is 7.49. The monoisotopic (exact) mass is 422 g/mol. The first-order valence-electron chi connectivity index (χ1n) is 10.1. The first-order valence-corrected chi connectivity index (χ1v) is 10.1. The standard InChI is InChI=1S/C24H26N2O5/c1-17(2)21(28)31-24(20(15-27)19-11-7-4-8-12-19)13-14-25-22(24)26-23(29)30-16-18-9-5-3-6-10-18/h3-12,15,20,22,25H,1,13-14,16H2,2H3,(H,26,29). The molecule has 162 valence electrons. The van der Waals surface area contributed by atoms with Crippen LogP contribution < -0.4 is 10.6 Å². The minimum atomic E-state index is -1.33. The zero-order chi connectivity index (χ0) is 22.3. The molecule has 2 aromatic rings. The van der Waals surface area contributed by atoms with E-state index < -0.39 is 29.7 Å². The Morgan fingerprint density at radius 3 is 2.45 bits per heavy atom. The molecule has 0 bridgehead atoms. The number of esters is 1. The fourth-order valence-electron chi connectivity index (χ4n) is 3.69. The number of amides is 1. The Kier molecular flexibility index (Phi) is 7.20. The van der Waals surface area contributed by atoms with Crippen LogP contribution in [0, 0.1) is 0 Å². The highest BCUT2D eigenvalue weighted by Crippen LogP contribution is 2.39. The molecule has 3 unspecified atom stereocenters. The number of carbonyl (C=O) groups is 3. The van der Waals surface area contributed by atoms with Crippen LogP contribution >= 0.6 is 0 Å². The van der Waals surface area contributed by atoms with Crippen molar-refractivity contribution in [1.82, 2.24) is 10.6 Å². The summed E-state index contributed by atoms with van der Waals surface area (Å²) in [5.41, 5.74) is 0.395. The highest BCUT2D eigenvalue weighted by Gasteiger charge is 2.53. The largest absolute Gasteiger partial charge is 0.451 e. The van der Waals surface area contributed by atoms with Crippen molar-refractivity contribution in [3.05, 3.63) is 83.9 Å². The second kappa shape index (κ2) is 10.0. The van der Waals surface area contributed by atoms with Gasteiger partial charge in [-0.05, 0) is 18.1 Å². The fourth-order valence-corrected chi connectivity index (χ4v) is 3.69. The molecule has 1 heterocycles. The summed E-state index contributed by atoms with van der Waals surface area (Å²) in [6, 6.07) is 18.3. The zero-order valence-corrected chi connectivity index (χ0v) is 17.4. The maximum Gasteiger partial charge on any atom is 0.408 e. The summed E-state index contributed by atoms with van der Waals surface area (Å²) in [7, 11) is 0. The normalized spacial score (nSPS) is 21.0. The predicted molar refractivity (Wildman–Crippen MR) is 115 cm³/mol. The lowest BCUT2D eigenvalue weighted by molar-refractivity contribution is -0.160. The molecule has 7 heteroatoms. The molecular weight excluding hydrogens is 396 g/mol. The minimum Gasteiger partial charge on any atom is -0.451 e. The third-order valence-corrected chi connectivity index (χ3v) is 5.28. The van der Waals surface area contributed by atoms with E-state index in [9.17, 15) is 14.4 Å². The number of ether oxygens (including phenoxy) is 2. The molecule has 0 aromatic heterocycles. The Morgan fingerprint density at radius 2 is 1.84 bits per heavy atom. The lowest BCUT2D eigenvalue weighted by Crippen LogP contribution is -2.59. The maximum atomic E-state index is 12.5. The van der Waals surface area contributed by atoms with Gasteiger partial charge in [-0.15, -0.1) is 0 Å². The van der Waals surface area contributed by atoms with Gasteiger partial charge in [0.25, 0.3) is 0 Å². The molecular formula is C24H26N2O5. The SMILES string of the molecule is C=C(C)C(=O)OC1(C(C=O)c2ccccc2)CCNC1NC(=O)OCc1ccccc1. The molecule has 0 spiro atoms. The number of hydrogen-bond acceptors (Lipinski definition) is 6. The van der Waals surface area contributed by atoms with Gasteiger partial charge in [0, 0.05) is 18.5 Å². The van der Waals surface area contributed by atoms with Gasteiger partial charge in [0.15, 0.2) is 5.60 Å². The van der Waals surface area contributed by atoms with Gasteiger partial charge in [-0.1, -0.05) is 67.2 Å². The molecule has 1 aliphatic rings. The minimum absolute atomic E-state index is 0.0910. The van der Waals surface area contributed by atoms with Crippen LogP contribution in [0.4, 0.5) is 4.79 Å². The van der Waals surface area contributed by atoms with Crippen molar-refractivity contribution in [1.29, 1.82) is 0 Å². The summed E-state index contributed by atoms with van der Waals surface area (Å²) in [5.74, 6) is -1.43. The summed E-state index contributed by atoms with van der Waals surface area (Å²) in [4.78, 5) is 37.2. The van der Waals surface area contributed by atoms with E-state index in [0.29, 0.717) is 18.5 Å². The maximum absolute atomic E-state index is 12.5. The van der Waals surface area contributed by atoms with E-state index in [4.69, 9.17) is 9.47 Å². The van der Waals surface area contributed by atoms with Gasteiger partial charge >= 0.3 is 12.1 Å². The molecule has 1 amide bonds. The van der Waals surface area contributed by atoms with E-state index in [-0.39, 0.29) is 12.2 Å². The van der Waals surface area contributed by atoms with Crippen LogP contribution in [0.3, 0.4) is 0 Å². The summed E-state index contributed by atoms with van der Waals surface area (Å²) in [5, 5.41) is 5.86. The first-order chi connectivity index (χ1) is 15.0. The molecule has 0 aliphatic carbocycles. The number of carbonyl (C=O) groups excluding carboxylic acids is 3. The lowest BCUT2D eigenvalue weighted by Gasteiger charge is -2.39. The highest BCUT2D eigenvalue weighted by molar-refractivity contribution is 5.88. The van der Waals surface area contributed by atoms with E-state index in [0.717, 1.165) is 11.8 Å². The molecule has 1 fully saturated rings. The van der Waals surface area contributed by atoms with E-state index in [2.05, 4.69) is 17.2 Å². The number of aldehydes is 1. The molecule has 7 nitrogen and oxygen atoms in total. The quantitative estimate of drug-likeness (QED) is 0.386. The van der Waals surface area contributed by atoms with E-state index >= 15 is 0 Å².